The summed E-state index contributed by atoms with van der Waals surface area (Å²) in [5, 5.41) is 29.3. The Balaban J connectivity index is 1.94. The van der Waals surface area contributed by atoms with Crippen LogP contribution in [0.25, 0.3) is 0 Å². The molecule has 120 valence electrons. The lowest BCUT2D eigenvalue weighted by Gasteiger charge is -2.06. The summed E-state index contributed by atoms with van der Waals surface area (Å²) in [6.07, 6.45) is 3.12. The van der Waals surface area contributed by atoms with E-state index in [1.54, 1.807) is 30.5 Å². The van der Waals surface area contributed by atoms with Gasteiger partial charge in [-0.2, -0.15) is 0 Å². The molecule has 0 saturated heterocycles. The molecule has 2 aromatic rings. The van der Waals surface area contributed by atoms with Crippen LogP contribution in [0.2, 0.25) is 0 Å². The smallest absolute Gasteiger partial charge is 0.172 e. The first-order valence-electron chi connectivity index (χ1n) is 6.68. The summed E-state index contributed by atoms with van der Waals surface area (Å²) in [5.74, 6) is -0.110. The number of para-hydroxylation sites is 1. The number of benzene rings is 2. The molecule has 2 rings (SSSR count). The molecule has 5 nitrogen and oxygen atoms in total. The predicted octanol–water partition coefficient (Wildman–Crippen LogP) is 3.55. The molecule has 0 saturated carbocycles. The zero-order chi connectivity index (χ0) is 16.8. The average Bonchev–Trinajstić information content (AvgIpc) is 2.54. The Morgan fingerprint density at radius 2 is 1.48 bits per heavy atom. The molecule has 3 N–H and O–H groups in total. The van der Waals surface area contributed by atoms with Crippen LogP contribution >= 0.6 is 45.2 Å². The van der Waals surface area contributed by atoms with Crippen molar-refractivity contribution in [2.45, 2.75) is 0 Å². The second-order valence-electron chi connectivity index (χ2n) is 4.59. The van der Waals surface area contributed by atoms with Gasteiger partial charge in [0.15, 0.2) is 11.5 Å². The van der Waals surface area contributed by atoms with Crippen LogP contribution in [0, 0.1) is 7.14 Å². The Bertz CT molecular complexity index is 761. The fraction of sp³-hybridized carbons (Fsp3) is 0.125. The van der Waals surface area contributed by atoms with Crippen LogP contribution < -0.4 is 0 Å². The van der Waals surface area contributed by atoms with Crippen LogP contribution in [0.4, 0.5) is 0 Å². The normalized spacial score (nSPS) is 11.6. The van der Waals surface area contributed by atoms with E-state index in [2.05, 4.69) is 32.6 Å². The minimum atomic E-state index is -0.170. The number of hydrogen-bond donors (Lipinski definition) is 3. The topological polar surface area (TPSA) is 85.4 Å². The summed E-state index contributed by atoms with van der Waals surface area (Å²) in [6, 6.07) is 8.71. The van der Waals surface area contributed by atoms with Crippen LogP contribution in [-0.4, -0.2) is 40.8 Å². The maximum Gasteiger partial charge on any atom is 0.172 e. The average molecular weight is 536 g/mol. The van der Waals surface area contributed by atoms with Crippen LogP contribution in [0.3, 0.4) is 0 Å². The maximum absolute atomic E-state index is 9.88. The Hall–Kier alpha value is -1.36. The molecule has 0 aliphatic carbocycles. The molecule has 0 atom stereocenters. The first kappa shape index (κ1) is 18.0. The zero-order valence-electron chi connectivity index (χ0n) is 11.9. The first-order valence-corrected chi connectivity index (χ1v) is 8.84. The molecular formula is C16H14I2N2O3. The van der Waals surface area contributed by atoms with Gasteiger partial charge in [0.1, 0.15) is 5.75 Å². The molecule has 0 radical (unpaired) electrons. The number of nitrogens with zero attached hydrogens (tertiary/aromatic N) is 2. The summed E-state index contributed by atoms with van der Waals surface area (Å²) in [7, 11) is 0. The van der Waals surface area contributed by atoms with E-state index in [4.69, 9.17) is 0 Å². The summed E-state index contributed by atoms with van der Waals surface area (Å²) in [4.78, 5) is 8.38. The minimum Gasteiger partial charge on any atom is -0.507 e. The van der Waals surface area contributed by atoms with Gasteiger partial charge in [-0.25, -0.2) is 0 Å². The summed E-state index contributed by atoms with van der Waals surface area (Å²) in [5.41, 5.74) is 1.13. The van der Waals surface area contributed by atoms with Crippen molar-refractivity contribution >= 4 is 57.6 Å². The van der Waals surface area contributed by atoms with Gasteiger partial charge >= 0.3 is 0 Å². The van der Waals surface area contributed by atoms with Gasteiger partial charge in [-0.3, -0.25) is 9.98 Å². The second-order valence-corrected chi connectivity index (χ2v) is 6.83. The quantitative estimate of drug-likeness (QED) is 0.237. The third kappa shape index (κ3) is 4.80. The van der Waals surface area contributed by atoms with Crippen molar-refractivity contribution in [3.05, 3.63) is 48.6 Å². The third-order valence-electron chi connectivity index (χ3n) is 2.95. The number of aliphatic imine (C=N–C) groups is 2. The van der Waals surface area contributed by atoms with Crippen molar-refractivity contribution in [3.8, 4) is 17.2 Å². The van der Waals surface area contributed by atoms with Crippen molar-refractivity contribution in [2.24, 2.45) is 9.98 Å². The van der Waals surface area contributed by atoms with E-state index in [9.17, 15) is 15.3 Å². The molecule has 0 aromatic heterocycles. The second kappa shape index (κ2) is 8.48. The first-order chi connectivity index (χ1) is 11.0. The van der Waals surface area contributed by atoms with Crippen molar-refractivity contribution in [1.82, 2.24) is 0 Å². The monoisotopic (exact) mass is 536 g/mol. The highest BCUT2D eigenvalue weighted by atomic mass is 127. The molecule has 0 aliphatic heterocycles. The van der Waals surface area contributed by atoms with Gasteiger partial charge in [0, 0.05) is 27.1 Å². The van der Waals surface area contributed by atoms with Crippen LogP contribution in [0.1, 0.15) is 11.1 Å². The van der Waals surface area contributed by atoms with Crippen molar-refractivity contribution in [1.29, 1.82) is 0 Å². The molecule has 23 heavy (non-hydrogen) atoms. The Morgan fingerprint density at radius 3 is 2.13 bits per heavy atom. The zero-order valence-corrected chi connectivity index (χ0v) is 16.3. The van der Waals surface area contributed by atoms with E-state index in [0.29, 0.717) is 27.8 Å². The van der Waals surface area contributed by atoms with Gasteiger partial charge in [-0.05, 0) is 63.4 Å². The van der Waals surface area contributed by atoms with Gasteiger partial charge in [0.25, 0.3) is 0 Å². The lowest BCUT2D eigenvalue weighted by atomic mass is 10.2. The molecule has 0 heterocycles. The van der Waals surface area contributed by atoms with Gasteiger partial charge in [0.05, 0.1) is 16.7 Å². The van der Waals surface area contributed by atoms with E-state index in [1.807, 2.05) is 28.7 Å². The Labute approximate surface area is 161 Å². The van der Waals surface area contributed by atoms with Crippen molar-refractivity contribution in [2.75, 3.05) is 13.1 Å². The highest BCUT2D eigenvalue weighted by Crippen LogP contribution is 2.35. The SMILES string of the molecule is Oc1ccccc1C=NCCN=Cc1cc(I)c(I)c(O)c1O. The molecule has 0 aliphatic rings. The van der Waals surface area contributed by atoms with E-state index < -0.39 is 0 Å². The maximum atomic E-state index is 9.88. The number of phenols is 3. The summed E-state index contributed by atoms with van der Waals surface area (Å²) < 4.78 is 1.46. The van der Waals surface area contributed by atoms with Crippen molar-refractivity contribution < 1.29 is 15.3 Å². The fourth-order valence-corrected chi connectivity index (χ4v) is 2.76. The number of phenolic OH excluding ortho intramolecular Hbond substituents is 3. The van der Waals surface area contributed by atoms with Crippen LogP contribution in [0.15, 0.2) is 40.3 Å². The standard InChI is InChI=1S/C16H14I2N2O3/c17-12-7-11(15(22)16(23)14(12)18)9-20-6-5-19-8-10-3-1-2-4-13(10)21/h1-4,7-9,21-23H,5-6H2. The van der Waals surface area contributed by atoms with Gasteiger partial charge in [-0.15, -0.1) is 0 Å². The molecule has 7 heteroatoms. The molecular weight excluding hydrogens is 522 g/mol. The number of hydrogen-bond acceptors (Lipinski definition) is 5. The lowest BCUT2D eigenvalue weighted by Crippen LogP contribution is -1.93. The third-order valence-corrected chi connectivity index (χ3v) is 5.93. The van der Waals surface area contributed by atoms with Gasteiger partial charge in [0.2, 0.25) is 0 Å². The number of halogens is 2. The Kier molecular flexibility index (Phi) is 6.63. The van der Waals surface area contributed by atoms with Gasteiger partial charge in [-0.1, -0.05) is 12.1 Å². The lowest BCUT2D eigenvalue weighted by molar-refractivity contribution is 0.400. The molecule has 0 spiro atoms. The van der Waals surface area contributed by atoms with Gasteiger partial charge < -0.3 is 15.3 Å². The highest BCUT2D eigenvalue weighted by Gasteiger charge is 2.12. The highest BCUT2D eigenvalue weighted by molar-refractivity contribution is 14.1. The molecule has 0 amide bonds. The molecule has 0 bridgehead atoms. The fourth-order valence-electron chi connectivity index (χ4n) is 1.76. The van der Waals surface area contributed by atoms with E-state index in [1.165, 1.54) is 6.21 Å². The van der Waals surface area contributed by atoms with E-state index in [-0.39, 0.29) is 17.2 Å². The summed E-state index contributed by atoms with van der Waals surface area (Å²) >= 11 is 4.06. The number of rotatable bonds is 5. The Morgan fingerprint density at radius 1 is 0.870 bits per heavy atom. The number of aromatic hydroxyl groups is 3. The van der Waals surface area contributed by atoms with Crippen LogP contribution in [-0.2, 0) is 0 Å². The van der Waals surface area contributed by atoms with Crippen LogP contribution in [0.5, 0.6) is 17.2 Å². The largest absolute Gasteiger partial charge is 0.507 e. The molecule has 0 fully saturated rings. The predicted molar refractivity (Wildman–Crippen MR) is 108 cm³/mol. The van der Waals surface area contributed by atoms with E-state index in [0.717, 1.165) is 3.57 Å². The minimum absolute atomic E-state index is 0.128. The molecule has 2 aromatic carbocycles. The van der Waals surface area contributed by atoms with Crippen molar-refractivity contribution in [3.63, 3.8) is 0 Å². The molecule has 0 unspecified atom stereocenters. The summed E-state index contributed by atoms with van der Waals surface area (Å²) in [6.45, 7) is 0.895. The van der Waals surface area contributed by atoms with E-state index >= 15 is 0 Å².